The first-order valence-electron chi connectivity index (χ1n) is 27.7. The van der Waals surface area contributed by atoms with E-state index in [-0.39, 0.29) is 0 Å². The first-order valence-corrected chi connectivity index (χ1v) is 27.7. The summed E-state index contributed by atoms with van der Waals surface area (Å²) < 4.78 is 9.92. The van der Waals surface area contributed by atoms with Crippen molar-refractivity contribution in [1.29, 1.82) is 5.26 Å². The molecule has 10 aromatic carbocycles. The van der Waals surface area contributed by atoms with Crippen molar-refractivity contribution in [2.24, 2.45) is 0 Å². The Bertz CT molecular complexity index is 4980. The molecule has 0 amide bonds. The zero-order chi connectivity index (χ0) is 54.4. The molecule has 0 spiro atoms. The van der Waals surface area contributed by atoms with Crippen molar-refractivity contribution in [3.05, 3.63) is 244 Å². The normalized spacial score (nSPS) is 12.0. The van der Waals surface area contributed by atoms with Gasteiger partial charge in [-0.15, -0.1) is 0 Å². The van der Waals surface area contributed by atoms with E-state index in [9.17, 15) is 5.26 Å². The maximum Gasteiger partial charge on any atom is 0.102 e. The third-order valence-electron chi connectivity index (χ3n) is 16.8. The van der Waals surface area contributed by atoms with Gasteiger partial charge in [0.25, 0.3) is 0 Å². The second kappa shape index (κ2) is 17.5. The Balaban J connectivity index is 1.32. The number of aryl methyl sites for hydroxylation is 8. The Labute approximate surface area is 464 Å². The van der Waals surface area contributed by atoms with Crippen LogP contribution >= 0.6 is 0 Å². The molecule has 6 nitrogen and oxygen atoms in total. The van der Waals surface area contributed by atoms with Crippen LogP contribution in [0.15, 0.2) is 194 Å². The molecule has 80 heavy (non-hydrogen) atoms. The van der Waals surface area contributed by atoms with Crippen LogP contribution in [0, 0.1) is 66.7 Å². The van der Waals surface area contributed by atoms with Crippen molar-refractivity contribution in [1.82, 2.24) is 23.3 Å². The molecule has 6 heteroatoms. The number of fused-ring (bicyclic) bond motifs is 12. The van der Waals surface area contributed by atoms with E-state index >= 15 is 0 Å². The van der Waals surface area contributed by atoms with E-state index in [1.165, 1.54) is 44.5 Å². The Kier molecular flexibility index (Phi) is 10.4. The second-order valence-electron chi connectivity index (χ2n) is 22.5. The van der Waals surface area contributed by atoms with E-state index in [0.29, 0.717) is 11.3 Å². The molecular formula is C74H56N6. The monoisotopic (exact) mass is 1030 g/mol. The highest BCUT2D eigenvalue weighted by Crippen LogP contribution is 2.52. The third kappa shape index (κ3) is 6.93. The lowest BCUT2D eigenvalue weighted by Gasteiger charge is -2.29. The first kappa shape index (κ1) is 47.3. The Hall–Kier alpha value is -9.96. The van der Waals surface area contributed by atoms with Crippen LogP contribution in [-0.2, 0) is 0 Å². The van der Waals surface area contributed by atoms with Crippen molar-refractivity contribution < 1.29 is 0 Å². The van der Waals surface area contributed by atoms with E-state index in [2.05, 4.69) is 268 Å². The van der Waals surface area contributed by atoms with E-state index < -0.39 is 0 Å². The lowest BCUT2D eigenvalue weighted by atomic mass is 9.94. The average molecular weight is 1030 g/mol. The van der Waals surface area contributed by atoms with Gasteiger partial charge in [0.1, 0.15) is 6.07 Å². The van der Waals surface area contributed by atoms with Gasteiger partial charge in [-0.2, -0.15) is 5.26 Å². The summed E-state index contributed by atoms with van der Waals surface area (Å²) in [6.45, 7) is 17.4. The minimum Gasteiger partial charge on any atom is -0.306 e. The number of rotatable bonds is 6. The number of nitriles is 1. The zero-order valence-electron chi connectivity index (χ0n) is 46.2. The molecular weight excluding hydrogens is 973 g/mol. The Morgan fingerprint density at radius 3 is 0.875 bits per heavy atom. The molecule has 0 fully saturated rings. The smallest absolute Gasteiger partial charge is 0.102 e. The summed E-state index contributed by atoms with van der Waals surface area (Å²) in [5, 5.41) is 22.1. The lowest BCUT2D eigenvalue weighted by Crippen LogP contribution is -2.17. The van der Waals surface area contributed by atoms with Gasteiger partial charge in [0.2, 0.25) is 0 Å². The third-order valence-corrected chi connectivity index (χ3v) is 16.8. The topological polar surface area (TPSA) is 56.4 Å². The van der Waals surface area contributed by atoms with Crippen LogP contribution < -0.4 is 0 Å². The molecule has 0 N–H and O–H groups in total. The van der Waals surface area contributed by atoms with Crippen LogP contribution in [0.1, 0.15) is 50.1 Å². The van der Waals surface area contributed by atoms with E-state index in [1.54, 1.807) is 0 Å². The number of aromatic nitrogens is 5. The van der Waals surface area contributed by atoms with Gasteiger partial charge >= 0.3 is 0 Å². The van der Waals surface area contributed by atoms with E-state index in [0.717, 1.165) is 127 Å². The van der Waals surface area contributed by atoms with Gasteiger partial charge in [-0.3, -0.25) is 0 Å². The van der Waals surface area contributed by atoms with Crippen LogP contribution in [0.3, 0.4) is 0 Å². The molecule has 15 aromatic rings. The molecule has 0 aliphatic heterocycles. The molecule has 0 saturated heterocycles. The average Bonchev–Trinajstić information content (AvgIpc) is 4.34. The van der Waals surface area contributed by atoms with Gasteiger partial charge in [0.05, 0.1) is 83.8 Å². The standard InChI is InChI=1S/C74H56N6/c1-42-17-25-62-51(33-42)52-34-43(2)18-26-63(52)77(62)71-59(41-75)70(61-16-12-15-60(76-61)50-13-10-9-11-14-50)72(78-64-27-19-44(3)35-53(64)54-36-45(4)20-28-65(54)78)74(80-68-31-23-48(7)39-57(68)58-40-49(8)24-32-69(58)80)73(71)79-66-29-21-46(5)37-55(66)56-38-47(6)22-30-67(56)79/h9-40H,1-8H3. The van der Waals surface area contributed by atoms with Gasteiger partial charge in [0, 0.05) is 54.2 Å². The fourth-order valence-corrected chi connectivity index (χ4v) is 13.2. The van der Waals surface area contributed by atoms with Crippen molar-refractivity contribution in [3.8, 4) is 51.3 Å². The van der Waals surface area contributed by atoms with Gasteiger partial charge < -0.3 is 18.3 Å². The maximum atomic E-state index is 12.9. The minimum absolute atomic E-state index is 0.507. The first-order chi connectivity index (χ1) is 38.9. The Morgan fingerprint density at radius 2 is 0.562 bits per heavy atom. The van der Waals surface area contributed by atoms with Crippen LogP contribution in [0.5, 0.6) is 0 Å². The van der Waals surface area contributed by atoms with Crippen molar-refractivity contribution in [2.75, 3.05) is 0 Å². The van der Waals surface area contributed by atoms with Gasteiger partial charge in [-0.25, -0.2) is 4.98 Å². The van der Waals surface area contributed by atoms with Crippen molar-refractivity contribution in [2.45, 2.75) is 55.4 Å². The quantitative estimate of drug-likeness (QED) is 0.167. The molecule has 0 unspecified atom stereocenters. The lowest BCUT2D eigenvalue weighted by molar-refractivity contribution is 1.02. The SMILES string of the molecule is Cc1ccc2c(c1)c1cc(C)ccc1n2-c1c(C#N)c(-c2cccc(-c3ccccc3)n2)c(-n2c3ccc(C)cc3c3cc(C)ccc32)c(-n2c3ccc(C)cc3c3cc(C)ccc32)c1-n1c2ccc(C)cc2c2cc(C)ccc21. The Morgan fingerprint density at radius 1 is 0.287 bits per heavy atom. The van der Waals surface area contributed by atoms with Crippen molar-refractivity contribution >= 4 is 87.2 Å². The van der Waals surface area contributed by atoms with Crippen molar-refractivity contribution in [3.63, 3.8) is 0 Å². The highest BCUT2D eigenvalue weighted by Gasteiger charge is 2.36. The largest absolute Gasteiger partial charge is 0.306 e. The fourth-order valence-electron chi connectivity index (χ4n) is 13.2. The number of hydrogen-bond acceptors (Lipinski definition) is 2. The molecule has 0 aliphatic carbocycles. The van der Waals surface area contributed by atoms with E-state index in [1.807, 2.05) is 6.07 Å². The molecule has 382 valence electrons. The molecule has 0 bridgehead atoms. The second-order valence-corrected chi connectivity index (χ2v) is 22.5. The minimum atomic E-state index is 0.507. The summed E-state index contributed by atoms with van der Waals surface area (Å²) in [4.78, 5) is 5.74. The highest BCUT2D eigenvalue weighted by molar-refractivity contribution is 6.17. The summed E-state index contributed by atoms with van der Waals surface area (Å²) in [6, 6.07) is 74.5. The summed E-state index contributed by atoms with van der Waals surface area (Å²) in [5.74, 6) is 0. The van der Waals surface area contributed by atoms with Gasteiger partial charge in [-0.05, 0) is 165 Å². The molecule has 5 heterocycles. The van der Waals surface area contributed by atoms with Gasteiger partial charge in [0.15, 0.2) is 0 Å². The van der Waals surface area contributed by atoms with Crippen LogP contribution in [-0.4, -0.2) is 23.3 Å². The number of nitrogens with zero attached hydrogens (tertiary/aromatic N) is 6. The maximum absolute atomic E-state index is 12.9. The van der Waals surface area contributed by atoms with E-state index in [4.69, 9.17) is 4.98 Å². The fraction of sp³-hybridized carbons (Fsp3) is 0.108. The number of hydrogen-bond donors (Lipinski definition) is 0. The number of pyridine rings is 1. The summed E-state index contributed by atoms with van der Waals surface area (Å²) in [5.41, 5.74) is 24.8. The van der Waals surface area contributed by atoms with Crippen LogP contribution in [0.2, 0.25) is 0 Å². The highest BCUT2D eigenvalue weighted by atomic mass is 15.1. The molecule has 15 rings (SSSR count). The summed E-state index contributed by atoms with van der Waals surface area (Å²) >= 11 is 0. The molecule has 0 atom stereocenters. The summed E-state index contributed by atoms with van der Waals surface area (Å²) in [7, 11) is 0. The molecule has 5 aromatic heterocycles. The number of benzene rings is 10. The zero-order valence-corrected chi connectivity index (χ0v) is 46.2. The summed E-state index contributed by atoms with van der Waals surface area (Å²) in [6.07, 6.45) is 0. The van der Waals surface area contributed by atoms with Crippen LogP contribution in [0.25, 0.3) is 132 Å². The molecule has 0 saturated carbocycles. The molecule has 0 radical (unpaired) electrons. The van der Waals surface area contributed by atoms with Gasteiger partial charge in [-0.1, -0.05) is 129 Å². The van der Waals surface area contributed by atoms with Crippen LogP contribution in [0.4, 0.5) is 0 Å². The predicted molar refractivity (Wildman–Crippen MR) is 335 cm³/mol. The molecule has 0 aliphatic rings. The predicted octanol–water partition coefficient (Wildman–Crippen LogP) is 19.1.